The number of benzene rings is 1. The van der Waals surface area contributed by atoms with Gasteiger partial charge in [0.25, 0.3) is 0 Å². The summed E-state index contributed by atoms with van der Waals surface area (Å²) < 4.78 is 0. The zero-order valence-electron chi connectivity index (χ0n) is 7.72. The second-order valence-electron chi connectivity index (χ2n) is 2.73. The molecular weight excluding hydrogens is 246 g/mol. The molecule has 0 radical (unpaired) electrons. The van der Waals surface area contributed by atoms with Crippen LogP contribution in [0.5, 0.6) is 0 Å². The van der Waals surface area contributed by atoms with Crippen molar-refractivity contribution >= 4 is 27.7 Å². The third-order valence-corrected chi connectivity index (χ3v) is 2.98. The fourth-order valence-corrected chi connectivity index (χ4v) is 1.78. The average Bonchev–Trinajstić information content (AvgIpc) is 2.19. The van der Waals surface area contributed by atoms with Gasteiger partial charge in [-0.25, -0.2) is 0 Å². The van der Waals surface area contributed by atoms with E-state index in [0.717, 1.165) is 18.4 Å². The Bertz CT molecular complexity index is 235. The minimum atomic E-state index is 0.871. The van der Waals surface area contributed by atoms with Crippen molar-refractivity contribution in [1.82, 2.24) is 5.32 Å². The van der Waals surface area contributed by atoms with Crippen LogP contribution in [-0.2, 0) is 6.42 Å². The molecule has 1 aromatic rings. The Kier molecular flexibility index (Phi) is 5.51. The molecule has 1 N–H and O–H groups in total. The van der Waals surface area contributed by atoms with Gasteiger partial charge in [-0.05, 0) is 36.9 Å². The molecule has 0 aliphatic heterocycles. The van der Waals surface area contributed by atoms with E-state index in [-0.39, 0.29) is 0 Å². The fourth-order valence-electron chi connectivity index (χ4n) is 1.09. The van der Waals surface area contributed by atoms with Gasteiger partial charge in [-0.2, -0.15) is 0 Å². The van der Waals surface area contributed by atoms with Gasteiger partial charge in [0.15, 0.2) is 0 Å². The Morgan fingerprint density at radius 2 is 2.00 bits per heavy atom. The summed E-state index contributed by atoms with van der Waals surface area (Å²) in [5, 5.41) is 3.24. The predicted molar refractivity (Wildman–Crippen MR) is 63.7 cm³/mol. The van der Waals surface area contributed by atoms with E-state index in [1.165, 1.54) is 10.5 Å². The Balaban J connectivity index is 2.40. The zero-order chi connectivity index (χ0) is 9.52. The van der Waals surface area contributed by atoms with E-state index in [4.69, 9.17) is 0 Å². The maximum absolute atomic E-state index is 3.33. The molecule has 0 aliphatic rings. The highest BCUT2D eigenvalue weighted by Crippen LogP contribution is 2.14. The summed E-state index contributed by atoms with van der Waals surface area (Å²) in [6.07, 6.45) is 3.20. The van der Waals surface area contributed by atoms with Crippen molar-refractivity contribution in [2.75, 3.05) is 18.3 Å². The van der Waals surface area contributed by atoms with E-state index in [1.807, 2.05) is 0 Å². The van der Waals surface area contributed by atoms with E-state index < -0.39 is 0 Å². The molecule has 0 bridgehead atoms. The van der Waals surface area contributed by atoms with Gasteiger partial charge in [0.05, 0.1) is 5.45 Å². The molecule has 0 fully saturated rings. The molecule has 13 heavy (non-hydrogen) atoms. The lowest BCUT2D eigenvalue weighted by Crippen LogP contribution is -2.14. The van der Waals surface area contributed by atoms with Gasteiger partial charge >= 0.3 is 0 Å². The van der Waals surface area contributed by atoms with Crippen LogP contribution in [0.15, 0.2) is 29.2 Å². The molecule has 1 rings (SSSR count). The first kappa shape index (κ1) is 11.1. The monoisotopic (exact) mass is 259 g/mol. The molecule has 0 saturated heterocycles. The summed E-state index contributed by atoms with van der Waals surface area (Å²) in [6, 6.07) is 8.74. The van der Waals surface area contributed by atoms with E-state index in [2.05, 4.69) is 51.8 Å². The van der Waals surface area contributed by atoms with Crippen LogP contribution in [0.25, 0.3) is 0 Å². The number of hydrogen-bond donors (Lipinski definition) is 1. The predicted octanol–water partition coefficient (Wildman–Crippen LogP) is 2.89. The van der Waals surface area contributed by atoms with Crippen molar-refractivity contribution in [1.29, 1.82) is 0 Å². The number of nitrogens with one attached hydrogen (secondary N) is 1. The minimum Gasteiger partial charge on any atom is -0.307 e. The molecule has 0 amide bonds. The quantitative estimate of drug-likeness (QED) is 0.378. The first-order chi connectivity index (χ1) is 6.36. The van der Waals surface area contributed by atoms with Gasteiger partial charge in [-0.3, -0.25) is 0 Å². The van der Waals surface area contributed by atoms with Crippen molar-refractivity contribution < 1.29 is 0 Å². The first-order valence-electron chi connectivity index (χ1n) is 4.26. The minimum absolute atomic E-state index is 0.871. The lowest BCUT2D eigenvalue weighted by Gasteiger charge is -2.02. The molecule has 0 aromatic heterocycles. The molecule has 0 heterocycles. The number of rotatable bonds is 5. The Morgan fingerprint density at radius 3 is 2.54 bits per heavy atom. The summed E-state index contributed by atoms with van der Waals surface area (Å²) in [7, 11) is 0. The van der Waals surface area contributed by atoms with Crippen LogP contribution < -0.4 is 5.32 Å². The standard InChI is InChI=1S/C10H14BrNS/c1-13-10-4-2-9(3-5-10)6-7-12-8-11/h2-5,12H,6-8H2,1H3. The average molecular weight is 260 g/mol. The second kappa shape index (κ2) is 6.46. The number of alkyl halides is 1. The van der Waals surface area contributed by atoms with Gasteiger partial charge in [-0.15, -0.1) is 11.8 Å². The smallest absolute Gasteiger partial charge is 0.0517 e. The van der Waals surface area contributed by atoms with E-state index in [0.29, 0.717) is 0 Å². The topological polar surface area (TPSA) is 12.0 Å². The number of halogens is 1. The Morgan fingerprint density at radius 1 is 1.31 bits per heavy atom. The molecule has 0 unspecified atom stereocenters. The SMILES string of the molecule is CSc1ccc(CCNCBr)cc1. The fraction of sp³-hybridized carbons (Fsp3) is 0.400. The molecule has 1 aromatic carbocycles. The summed E-state index contributed by atoms with van der Waals surface area (Å²) in [5.41, 5.74) is 2.27. The van der Waals surface area contributed by atoms with Crippen LogP contribution in [0.2, 0.25) is 0 Å². The highest BCUT2D eigenvalue weighted by Gasteiger charge is 1.93. The normalized spacial score (nSPS) is 10.3. The third-order valence-electron chi connectivity index (χ3n) is 1.84. The molecule has 1 nitrogen and oxygen atoms in total. The van der Waals surface area contributed by atoms with Gasteiger partial charge < -0.3 is 5.32 Å². The number of thioether (sulfide) groups is 1. The molecule has 0 spiro atoms. The number of hydrogen-bond acceptors (Lipinski definition) is 2. The van der Waals surface area contributed by atoms with Crippen molar-refractivity contribution in [2.24, 2.45) is 0 Å². The Labute approximate surface area is 92.4 Å². The van der Waals surface area contributed by atoms with Crippen molar-refractivity contribution in [2.45, 2.75) is 11.3 Å². The van der Waals surface area contributed by atoms with Crippen LogP contribution >= 0.6 is 27.7 Å². The summed E-state index contributed by atoms with van der Waals surface area (Å²) >= 11 is 5.11. The maximum atomic E-state index is 3.33. The van der Waals surface area contributed by atoms with Crippen LogP contribution in [-0.4, -0.2) is 18.3 Å². The molecule has 0 aliphatic carbocycles. The van der Waals surface area contributed by atoms with Gasteiger partial charge in [0, 0.05) is 4.90 Å². The van der Waals surface area contributed by atoms with E-state index in [9.17, 15) is 0 Å². The van der Waals surface area contributed by atoms with Crippen LogP contribution in [0.1, 0.15) is 5.56 Å². The highest BCUT2D eigenvalue weighted by atomic mass is 79.9. The highest BCUT2D eigenvalue weighted by molar-refractivity contribution is 9.09. The van der Waals surface area contributed by atoms with Gasteiger partial charge in [0.1, 0.15) is 0 Å². The van der Waals surface area contributed by atoms with Crippen molar-refractivity contribution in [3.63, 3.8) is 0 Å². The maximum Gasteiger partial charge on any atom is 0.0517 e. The van der Waals surface area contributed by atoms with Crippen LogP contribution in [0.4, 0.5) is 0 Å². The lowest BCUT2D eigenvalue weighted by molar-refractivity contribution is 0.778. The van der Waals surface area contributed by atoms with Gasteiger partial charge in [-0.1, -0.05) is 28.1 Å². The van der Waals surface area contributed by atoms with Gasteiger partial charge in [0.2, 0.25) is 0 Å². The second-order valence-corrected chi connectivity index (χ2v) is 4.17. The largest absolute Gasteiger partial charge is 0.307 e. The Hall–Kier alpha value is 0.01000. The molecule has 3 heteroatoms. The zero-order valence-corrected chi connectivity index (χ0v) is 10.1. The molecule has 0 atom stereocenters. The molecular formula is C10H14BrNS. The summed E-state index contributed by atoms with van der Waals surface area (Å²) in [6.45, 7) is 1.03. The first-order valence-corrected chi connectivity index (χ1v) is 6.61. The molecule has 0 saturated carbocycles. The van der Waals surface area contributed by atoms with Crippen molar-refractivity contribution in [3.05, 3.63) is 29.8 Å². The van der Waals surface area contributed by atoms with E-state index in [1.54, 1.807) is 11.8 Å². The lowest BCUT2D eigenvalue weighted by atomic mass is 10.1. The van der Waals surface area contributed by atoms with Crippen LogP contribution in [0, 0.1) is 0 Å². The summed E-state index contributed by atoms with van der Waals surface area (Å²) in [5.74, 6) is 0. The summed E-state index contributed by atoms with van der Waals surface area (Å²) in [4.78, 5) is 1.33. The molecule has 72 valence electrons. The third kappa shape index (κ3) is 4.16. The van der Waals surface area contributed by atoms with E-state index >= 15 is 0 Å². The van der Waals surface area contributed by atoms with Crippen LogP contribution in [0.3, 0.4) is 0 Å². The van der Waals surface area contributed by atoms with Crippen molar-refractivity contribution in [3.8, 4) is 0 Å².